The summed E-state index contributed by atoms with van der Waals surface area (Å²) in [5.41, 5.74) is 5.82. The van der Waals surface area contributed by atoms with Crippen LogP contribution in [0.2, 0.25) is 0 Å². The Morgan fingerprint density at radius 2 is 2.46 bits per heavy atom. The molecular formula is C9H14N4. The minimum atomic E-state index is 0.301. The van der Waals surface area contributed by atoms with Crippen LogP contribution in [0.4, 0.5) is 5.82 Å². The van der Waals surface area contributed by atoms with E-state index in [1.54, 1.807) is 6.20 Å². The molecule has 0 saturated carbocycles. The maximum absolute atomic E-state index is 5.82. The second-order valence-electron chi connectivity index (χ2n) is 3.46. The summed E-state index contributed by atoms with van der Waals surface area (Å²) in [6.45, 7) is 3.83. The second-order valence-corrected chi connectivity index (χ2v) is 3.46. The average Bonchev–Trinajstić information content (AvgIpc) is 2.52. The molecule has 2 N–H and O–H groups in total. The van der Waals surface area contributed by atoms with Crippen LogP contribution in [0, 0.1) is 6.92 Å². The van der Waals surface area contributed by atoms with Gasteiger partial charge in [0.15, 0.2) is 0 Å². The van der Waals surface area contributed by atoms with Gasteiger partial charge in [-0.2, -0.15) is 0 Å². The molecule has 1 aromatic heterocycles. The highest BCUT2D eigenvalue weighted by Crippen LogP contribution is 2.16. The van der Waals surface area contributed by atoms with Gasteiger partial charge in [-0.15, -0.1) is 0 Å². The fraction of sp³-hybridized carbons (Fsp3) is 0.556. The predicted octanol–water partition coefficient (Wildman–Crippen LogP) is 0.322. The third kappa shape index (κ3) is 1.78. The lowest BCUT2D eigenvalue weighted by Crippen LogP contribution is -2.27. The molecule has 0 bridgehead atoms. The van der Waals surface area contributed by atoms with Gasteiger partial charge in [-0.25, -0.2) is 9.97 Å². The lowest BCUT2D eigenvalue weighted by Gasteiger charge is -2.16. The van der Waals surface area contributed by atoms with Crippen molar-refractivity contribution in [1.29, 1.82) is 0 Å². The zero-order valence-electron chi connectivity index (χ0n) is 7.77. The third-order valence-electron chi connectivity index (χ3n) is 2.31. The molecule has 1 aliphatic heterocycles. The normalized spacial score (nSPS) is 22.3. The first-order valence-corrected chi connectivity index (χ1v) is 4.56. The Hall–Kier alpha value is -1.16. The Bertz CT molecular complexity index is 299. The molecule has 2 heterocycles. The Morgan fingerprint density at radius 1 is 1.62 bits per heavy atom. The molecule has 4 heteroatoms. The SMILES string of the molecule is Cc1nccc(N2CC[C@@H](N)C2)n1. The van der Waals surface area contributed by atoms with E-state index in [-0.39, 0.29) is 0 Å². The maximum Gasteiger partial charge on any atom is 0.132 e. The Balaban J connectivity index is 2.16. The van der Waals surface area contributed by atoms with E-state index in [0.717, 1.165) is 31.2 Å². The van der Waals surface area contributed by atoms with Crippen molar-refractivity contribution in [2.75, 3.05) is 18.0 Å². The van der Waals surface area contributed by atoms with E-state index in [0.29, 0.717) is 6.04 Å². The van der Waals surface area contributed by atoms with Crippen molar-refractivity contribution in [2.24, 2.45) is 5.73 Å². The van der Waals surface area contributed by atoms with Gasteiger partial charge < -0.3 is 10.6 Å². The number of rotatable bonds is 1. The number of aromatic nitrogens is 2. The Labute approximate surface area is 77.8 Å². The summed E-state index contributed by atoms with van der Waals surface area (Å²) < 4.78 is 0. The summed E-state index contributed by atoms with van der Waals surface area (Å²) in [6, 6.07) is 2.24. The van der Waals surface area contributed by atoms with Gasteiger partial charge in [0.1, 0.15) is 11.6 Å². The molecule has 1 aliphatic rings. The zero-order valence-corrected chi connectivity index (χ0v) is 7.77. The van der Waals surface area contributed by atoms with Crippen molar-refractivity contribution in [1.82, 2.24) is 9.97 Å². The van der Waals surface area contributed by atoms with Crippen LogP contribution in [0.5, 0.6) is 0 Å². The molecule has 1 aromatic rings. The molecule has 13 heavy (non-hydrogen) atoms. The third-order valence-corrected chi connectivity index (χ3v) is 2.31. The van der Waals surface area contributed by atoms with Crippen LogP contribution in [0.3, 0.4) is 0 Å². The van der Waals surface area contributed by atoms with Crippen LogP contribution in [-0.4, -0.2) is 29.1 Å². The molecule has 70 valence electrons. The van der Waals surface area contributed by atoms with Crippen LogP contribution in [0.1, 0.15) is 12.2 Å². The fourth-order valence-electron chi connectivity index (χ4n) is 1.62. The number of aryl methyl sites for hydroxylation is 1. The monoisotopic (exact) mass is 178 g/mol. The minimum Gasteiger partial charge on any atom is -0.355 e. The number of hydrogen-bond donors (Lipinski definition) is 1. The van der Waals surface area contributed by atoms with Crippen LogP contribution >= 0.6 is 0 Å². The second kappa shape index (κ2) is 3.30. The van der Waals surface area contributed by atoms with Crippen molar-refractivity contribution in [3.63, 3.8) is 0 Å². The summed E-state index contributed by atoms with van der Waals surface area (Å²) in [6.07, 6.45) is 2.85. The molecule has 0 amide bonds. The molecular weight excluding hydrogens is 164 g/mol. The molecule has 0 aromatic carbocycles. The van der Waals surface area contributed by atoms with Gasteiger partial charge in [0, 0.05) is 25.3 Å². The van der Waals surface area contributed by atoms with E-state index in [1.807, 2.05) is 13.0 Å². The summed E-state index contributed by atoms with van der Waals surface area (Å²) in [5.74, 6) is 1.82. The topological polar surface area (TPSA) is 55.0 Å². The molecule has 0 unspecified atom stereocenters. The van der Waals surface area contributed by atoms with E-state index in [4.69, 9.17) is 5.73 Å². The molecule has 1 saturated heterocycles. The number of nitrogens with two attached hydrogens (primary N) is 1. The smallest absolute Gasteiger partial charge is 0.132 e. The Kier molecular flexibility index (Phi) is 2.14. The maximum atomic E-state index is 5.82. The average molecular weight is 178 g/mol. The highest BCUT2D eigenvalue weighted by molar-refractivity contribution is 5.39. The van der Waals surface area contributed by atoms with Crippen molar-refractivity contribution in [3.05, 3.63) is 18.1 Å². The van der Waals surface area contributed by atoms with Gasteiger partial charge in [-0.3, -0.25) is 0 Å². The lowest BCUT2D eigenvalue weighted by atomic mass is 10.3. The lowest BCUT2D eigenvalue weighted by molar-refractivity contribution is 0.751. The van der Waals surface area contributed by atoms with Gasteiger partial charge in [0.05, 0.1) is 0 Å². The van der Waals surface area contributed by atoms with E-state index < -0.39 is 0 Å². The number of hydrogen-bond acceptors (Lipinski definition) is 4. The van der Waals surface area contributed by atoms with Crippen LogP contribution in [0.25, 0.3) is 0 Å². The van der Waals surface area contributed by atoms with Crippen molar-refractivity contribution < 1.29 is 0 Å². The fourth-order valence-corrected chi connectivity index (χ4v) is 1.62. The van der Waals surface area contributed by atoms with Crippen molar-refractivity contribution >= 4 is 5.82 Å². The molecule has 0 aliphatic carbocycles. The summed E-state index contributed by atoms with van der Waals surface area (Å²) >= 11 is 0. The van der Waals surface area contributed by atoms with Gasteiger partial charge in [-0.05, 0) is 19.4 Å². The van der Waals surface area contributed by atoms with E-state index in [2.05, 4.69) is 14.9 Å². The molecule has 1 fully saturated rings. The number of nitrogens with zero attached hydrogens (tertiary/aromatic N) is 3. The minimum absolute atomic E-state index is 0.301. The van der Waals surface area contributed by atoms with E-state index in [1.165, 1.54) is 0 Å². The molecule has 4 nitrogen and oxygen atoms in total. The standard InChI is InChI=1S/C9H14N4/c1-7-11-4-2-9(12-7)13-5-3-8(10)6-13/h2,4,8H,3,5-6,10H2,1H3/t8-/m1/s1. The Morgan fingerprint density at radius 3 is 3.08 bits per heavy atom. The summed E-state index contributed by atoms with van der Waals surface area (Å²) in [5, 5.41) is 0. The summed E-state index contributed by atoms with van der Waals surface area (Å²) in [7, 11) is 0. The zero-order chi connectivity index (χ0) is 9.26. The predicted molar refractivity (Wildman–Crippen MR) is 51.6 cm³/mol. The number of anilines is 1. The largest absolute Gasteiger partial charge is 0.355 e. The van der Waals surface area contributed by atoms with E-state index in [9.17, 15) is 0 Å². The highest BCUT2D eigenvalue weighted by atomic mass is 15.2. The molecule has 1 atom stereocenters. The first kappa shape index (κ1) is 8.44. The highest BCUT2D eigenvalue weighted by Gasteiger charge is 2.19. The van der Waals surface area contributed by atoms with Crippen LogP contribution in [-0.2, 0) is 0 Å². The summed E-state index contributed by atoms with van der Waals surface area (Å²) in [4.78, 5) is 10.6. The first-order valence-electron chi connectivity index (χ1n) is 4.56. The van der Waals surface area contributed by atoms with Gasteiger partial charge in [0.25, 0.3) is 0 Å². The molecule has 0 spiro atoms. The van der Waals surface area contributed by atoms with Gasteiger partial charge in [-0.1, -0.05) is 0 Å². The quantitative estimate of drug-likeness (QED) is 0.673. The molecule has 0 radical (unpaired) electrons. The van der Waals surface area contributed by atoms with Gasteiger partial charge in [0.2, 0.25) is 0 Å². The van der Waals surface area contributed by atoms with Crippen molar-refractivity contribution in [3.8, 4) is 0 Å². The molecule has 2 rings (SSSR count). The van der Waals surface area contributed by atoms with E-state index >= 15 is 0 Å². The first-order chi connectivity index (χ1) is 6.25. The van der Waals surface area contributed by atoms with Crippen molar-refractivity contribution in [2.45, 2.75) is 19.4 Å². The van der Waals surface area contributed by atoms with Crippen LogP contribution < -0.4 is 10.6 Å². The van der Waals surface area contributed by atoms with Crippen LogP contribution in [0.15, 0.2) is 12.3 Å². The van der Waals surface area contributed by atoms with Gasteiger partial charge >= 0.3 is 0 Å².